The van der Waals surface area contributed by atoms with Gasteiger partial charge >= 0.3 is 0 Å². The van der Waals surface area contributed by atoms with Gasteiger partial charge in [0.15, 0.2) is 0 Å². The Morgan fingerprint density at radius 2 is 2.18 bits per heavy atom. The van der Waals surface area contributed by atoms with Gasteiger partial charge in [-0.1, -0.05) is 0 Å². The third kappa shape index (κ3) is 3.52. The van der Waals surface area contributed by atoms with Crippen molar-refractivity contribution in [2.75, 3.05) is 6.54 Å². The number of carbonyl (C=O) groups excluding carboxylic acids is 3. The first-order valence-electron chi connectivity index (χ1n) is 5.81. The molecule has 1 aliphatic rings. The third-order valence-electron chi connectivity index (χ3n) is 2.69. The topological polar surface area (TPSA) is 92.5 Å². The molecule has 0 aromatic carbocycles. The van der Waals surface area contributed by atoms with E-state index < -0.39 is 6.04 Å². The van der Waals surface area contributed by atoms with Crippen LogP contribution in [0.4, 0.5) is 0 Å². The van der Waals surface area contributed by atoms with Crippen LogP contribution in [0.5, 0.6) is 0 Å². The SMILES string of the molecule is CC(C)N1C(=O)CC(NCCCC(N)=O)C1=O. The maximum Gasteiger partial charge on any atom is 0.247 e. The van der Waals surface area contributed by atoms with Crippen LogP contribution in [0.2, 0.25) is 0 Å². The highest BCUT2D eigenvalue weighted by atomic mass is 16.2. The van der Waals surface area contributed by atoms with Gasteiger partial charge in [0.05, 0.1) is 12.5 Å². The number of primary amides is 1. The average molecular weight is 241 g/mol. The monoisotopic (exact) mass is 241 g/mol. The summed E-state index contributed by atoms with van der Waals surface area (Å²) < 4.78 is 0. The van der Waals surface area contributed by atoms with Crippen molar-refractivity contribution in [2.45, 2.75) is 45.2 Å². The number of amides is 3. The van der Waals surface area contributed by atoms with Crippen LogP contribution in [0.25, 0.3) is 0 Å². The molecule has 0 aromatic heterocycles. The molecule has 6 nitrogen and oxygen atoms in total. The van der Waals surface area contributed by atoms with E-state index in [9.17, 15) is 14.4 Å². The van der Waals surface area contributed by atoms with Crippen molar-refractivity contribution in [3.63, 3.8) is 0 Å². The first-order chi connectivity index (χ1) is 7.93. The van der Waals surface area contributed by atoms with Gasteiger partial charge in [-0.3, -0.25) is 19.3 Å². The Morgan fingerprint density at radius 1 is 1.53 bits per heavy atom. The molecule has 1 fully saturated rings. The minimum atomic E-state index is -0.447. The first kappa shape index (κ1) is 13.6. The van der Waals surface area contributed by atoms with Gasteiger partial charge in [0.25, 0.3) is 0 Å². The van der Waals surface area contributed by atoms with E-state index in [-0.39, 0.29) is 36.6 Å². The molecule has 1 rings (SSSR count). The number of nitrogens with two attached hydrogens (primary N) is 1. The number of nitrogens with zero attached hydrogens (tertiary/aromatic N) is 1. The van der Waals surface area contributed by atoms with Gasteiger partial charge in [0, 0.05) is 12.5 Å². The number of nitrogens with one attached hydrogen (secondary N) is 1. The fraction of sp³-hybridized carbons (Fsp3) is 0.727. The van der Waals surface area contributed by atoms with Crippen LogP contribution in [0.15, 0.2) is 0 Å². The van der Waals surface area contributed by atoms with Crippen LogP contribution < -0.4 is 11.1 Å². The predicted octanol–water partition coefficient (Wildman–Crippen LogP) is -0.623. The number of imide groups is 1. The summed E-state index contributed by atoms with van der Waals surface area (Å²) in [5.41, 5.74) is 5.00. The molecule has 6 heteroatoms. The summed E-state index contributed by atoms with van der Waals surface area (Å²) >= 11 is 0. The zero-order valence-corrected chi connectivity index (χ0v) is 10.2. The molecule has 1 heterocycles. The smallest absolute Gasteiger partial charge is 0.247 e. The number of hydrogen-bond donors (Lipinski definition) is 2. The third-order valence-corrected chi connectivity index (χ3v) is 2.69. The fourth-order valence-electron chi connectivity index (χ4n) is 1.89. The summed E-state index contributed by atoms with van der Waals surface area (Å²) in [5.74, 6) is -0.675. The Hall–Kier alpha value is -1.43. The predicted molar refractivity (Wildman–Crippen MR) is 61.8 cm³/mol. The van der Waals surface area contributed by atoms with Crippen LogP contribution in [0.1, 0.15) is 33.1 Å². The second kappa shape index (κ2) is 5.77. The number of likely N-dealkylation sites (tertiary alicyclic amines) is 1. The van der Waals surface area contributed by atoms with E-state index in [0.29, 0.717) is 13.0 Å². The molecule has 96 valence electrons. The van der Waals surface area contributed by atoms with Gasteiger partial charge in [-0.25, -0.2) is 0 Å². The lowest BCUT2D eigenvalue weighted by atomic mass is 10.2. The molecular weight excluding hydrogens is 222 g/mol. The molecule has 3 amide bonds. The van der Waals surface area contributed by atoms with Gasteiger partial charge < -0.3 is 11.1 Å². The maximum absolute atomic E-state index is 11.8. The largest absolute Gasteiger partial charge is 0.370 e. The van der Waals surface area contributed by atoms with Gasteiger partial charge in [0.1, 0.15) is 0 Å². The van der Waals surface area contributed by atoms with E-state index in [4.69, 9.17) is 5.73 Å². The van der Waals surface area contributed by atoms with E-state index >= 15 is 0 Å². The summed E-state index contributed by atoms with van der Waals surface area (Å²) in [6, 6.07) is -0.551. The van der Waals surface area contributed by atoms with Gasteiger partial charge in [-0.15, -0.1) is 0 Å². The van der Waals surface area contributed by atoms with Gasteiger partial charge in [0.2, 0.25) is 17.7 Å². The van der Waals surface area contributed by atoms with Gasteiger partial charge in [-0.2, -0.15) is 0 Å². The standard InChI is InChI=1S/C11H19N3O3/c1-7(2)14-10(16)6-8(11(14)17)13-5-3-4-9(12)15/h7-8,13H,3-6H2,1-2H3,(H2,12,15). The maximum atomic E-state index is 11.8. The lowest BCUT2D eigenvalue weighted by molar-refractivity contribution is -0.140. The Balaban J connectivity index is 2.39. The van der Waals surface area contributed by atoms with Crippen LogP contribution in [0.3, 0.4) is 0 Å². The highest BCUT2D eigenvalue weighted by Crippen LogP contribution is 2.15. The Bertz CT molecular complexity index is 328. The molecule has 1 aliphatic heterocycles. The van der Waals surface area contributed by atoms with E-state index in [0.717, 1.165) is 0 Å². The van der Waals surface area contributed by atoms with E-state index in [1.807, 2.05) is 13.8 Å². The van der Waals surface area contributed by atoms with E-state index in [1.54, 1.807) is 0 Å². The Kier molecular flexibility index (Phi) is 4.62. The normalized spacial score (nSPS) is 20.4. The highest BCUT2D eigenvalue weighted by molar-refractivity contribution is 6.05. The minimum absolute atomic E-state index is 0.104. The molecule has 3 N–H and O–H groups in total. The summed E-state index contributed by atoms with van der Waals surface area (Å²) in [7, 11) is 0. The van der Waals surface area contributed by atoms with E-state index in [1.165, 1.54) is 4.90 Å². The number of hydrogen-bond acceptors (Lipinski definition) is 4. The fourth-order valence-corrected chi connectivity index (χ4v) is 1.89. The molecule has 0 aliphatic carbocycles. The Morgan fingerprint density at radius 3 is 2.65 bits per heavy atom. The Labute approximate surface area is 101 Å². The summed E-state index contributed by atoms with van der Waals surface area (Å²) in [5, 5.41) is 2.98. The molecule has 0 spiro atoms. The summed E-state index contributed by atoms with van der Waals surface area (Å²) in [6.07, 6.45) is 1.07. The zero-order valence-electron chi connectivity index (χ0n) is 10.2. The molecule has 17 heavy (non-hydrogen) atoms. The van der Waals surface area contributed by atoms with Gasteiger partial charge in [-0.05, 0) is 26.8 Å². The van der Waals surface area contributed by atoms with Crippen molar-refractivity contribution >= 4 is 17.7 Å². The van der Waals surface area contributed by atoms with Crippen molar-refractivity contribution in [2.24, 2.45) is 5.73 Å². The van der Waals surface area contributed by atoms with Crippen LogP contribution in [0, 0.1) is 0 Å². The summed E-state index contributed by atoms with van der Waals surface area (Å²) in [4.78, 5) is 35.2. The van der Waals surface area contributed by atoms with Crippen molar-refractivity contribution in [1.82, 2.24) is 10.2 Å². The molecule has 1 saturated heterocycles. The molecule has 1 atom stereocenters. The zero-order chi connectivity index (χ0) is 13.0. The van der Waals surface area contributed by atoms with Crippen molar-refractivity contribution in [3.05, 3.63) is 0 Å². The van der Waals surface area contributed by atoms with Crippen LogP contribution in [-0.4, -0.2) is 41.2 Å². The second-order valence-corrected chi connectivity index (χ2v) is 4.48. The van der Waals surface area contributed by atoms with E-state index in [2.05, 4.69) is 5.32 Å². The first-order valence-corrected chi connectivity index (χ1v) is 5.81. The molecule has 1 unspecified atom stereocenters. The number of carbonyl (C=O) groups is 3. The lowest BCUT2D eigenvalue weighted by Crippen LogP contribution is -2.42. The molecule has 0 saturated carbocycles. The lowest BCUT2D eigenvalue weighted by Gasteiger charge is -2.19. The molecule has 0 radical (unpaired) electrons. The van der Waals surface area contributed by atoms with Crippen molar-refractivity contribution < 1.29 is 14.4 Å². The quantitative estimate of drug-likeness (QED) is 0.478. The molecule has 0 aromatic rings. The highest BCUT2D eigenvalue weighted by Gasteiger charge is 2.39. The van der Waals surface area contributed by atoms with Crippen LogP contribution in [-0.2, 0) is 14.4 Å². The van der Waals surface area contributed by atoms with Crippen molar-refractivity contribution in [3.8, 4) is 0 Å². The molecule has 0 bridgehead atoms. The van der Waals surface area contributed by atoms with Crippen molar-refractivity contribution in [1.29, 1.82) is 0 Å². The molecular formula is C11H19N3O3. The second-order valence-electron chi connectivity index (χ2n) is 4.48. The average Bonchev–Trinajstić information content (AvgIpc) is 2.48. The van der Waals surface area contributed by atoms with Crippen LogP contribution >= 0.6 is 0 Å². The summed E-state index contributed by atoms with van der Waals surface area (Å²) in [6.45, 7) is 4.13. The minimum Gasteiger partial charge on any atom is -0.370 e. The number of rotatable bonds is 6.